The standard InChI is InChI=1S/C9H13N5S2/c1-2-14-8(3-10)12-13-9(14)15-5-7-4-11-6-16-7/h4,6H,2-3,5,10H2,1H3. The van der Waals surface area contributed by atoms with Crippen LogP contribution in [0.2, 0.25) is 0 Å². The van der Waals surface area contributed by atoms with Gasteiger partial charge in [0.15, 0.2) is 5.16 Å². The SMILES string of the molecule is CCn1c(CN)nnc1SCc1cncs1. The van der Waals surface area contributed by atoms with Gasteiger partial charge in [-0.2, -0.15) is 0 Å². The van der Waals surface area contributed by atoms with E-state index >= 15 is 0 Å². The van der Waals surface area contributed by atoms with Crippen molar-refractivity contribution in [2.45, 2.75) is 30.9 Å². The van der Waals surface area contributed by atoms with Crippen LogP contribution in [-0.4, -0.2) is 19.7 Å². The van der Waals surface area contributed by atoms with E-state index in [9.17, 15) is 0 Å². The molecular formula is C9H13N5S2. The summed E-state index contributed by atoms with van der Waals surface area (Å²) in [7, 11) is 0. The number of rotatable bonds is 5. The maximum absolute atomic E-state index is 5.59. The Morgan fingerprint density at radius 3 is 3.00 bits per heavy atom. The van der Waals surface area contributed by atoms with E-state index in [2.05, 4.69) is 22.1 Å². The normalized spacial score (nSPS) is 10.9. The first-order valence-corrected chi connectivity index (χ1v) is 6.84. The van der Waals surface area contributed by atoms with Crippen molar-refractivity contribution in [2.75, 3.05) is 0 Å². The maximum Gasteiger partial charge on any atom is 0.191 e. The Bertz CT molecular complexity index is 437. The van der Waals surface area contributed by atoms with Gasteiger partial charge >= 0.3 is 0 Å². The third-order valence-corrected chi connectivity index (χ3v) is 4.10. The fourth-order valence-corrected chi connectivity index (χ4v) is 3.01. The number of aromatic nitrogens is 4. The number of hydrogen-bond donors (Lipinski definition) is 1. The van der Waals surface area contributed by atoms with Crippen LogP contribution < -0.4 is 5.73 Å². The van der Waals surface area contributed by atoms with E-state index in [4.69, 9.17) is 5.73 Å². The third kappa shape index (κ3) is 2.42. The van der Waals surface area contributed by atoms with Crippen LogP contribution in [0, 0.1) is 0 Å². The van der Waals surface area contributed by atoms with Gasteiger partial charge in [-0.05, 0) is 6.92 Å². The molecule has 0 saturated heterocycles. The second-order valence-electron chi connectivity index (χ2n) is 3.10. The van der Waals surface area contributed by atoms with Crippen molar-refractivity contribution in [3.8, 4) is 0 Å². The molecule has 0 aliphatic carbocycles. The minimum atomic E-state index is 0.432. The molecule has 86 valence electrons. The molecule has 7 heteroatoms. The highest BCUT2D eigenvalue weighted by atomic mass is 32.2. The zero-order valence-electron chi connectivity index (χ0n) is 8.96. The highest BCUT2D eigenvalue weighted by molar-refractivity contribution is 7.98. The third-order valence-electron chi connectivity index (χ3n) is 2.12. The van der Waals surface area contributed by atoms with Gasteiger partial charge in [-0.15, -0.1) is 21.5 Å². The van der Waals surface area contributed by atoms with E-state index in [1.165, 1.54) is 4.88 Å². The molecule has 0 aliphatic rings. The first kappa shape index (κ1) is 11.6. The van der Waals surface area contributed by atoms with Crippen LogP contribution in [0.1, 0.15) is 17.6 Å². The lowest BCUT2D eigenvalue weighted by Gasteiger charge is -2.04. The van der Waals surface area contributed by atoms with Gasteiger partial charge in [-0.1, -0.05) is 11.8 Å². The summed E-state index contributed by atoms with van der Waals surface area (Å²) >= 11 is 3.32. The van der Waals surface area contributed by atoms with E-state index in [1.54, 1.807) is 23.1 Å². The molecule has 2 aromatic heterocycles. The highest BCUT2D eigenvalue weighted by Crippen LogP contribution is 2.23. The fraction of sp³-hybridized carbons (Fsp3) is 0.444. The summed E-state index contributed by atoms with van der Waals surface area (Å²) < 4.78 is 2.05. The van der Waals surface area contributed by atoms with Crippen molar-refractivity contribution in [1.29, 1.82) is 0 Å². The molecule has 0 spiro atoms. The van der Waals surface area contributed by atoms with Gasteiger partial charge in [0, 0.05) is 23.4 Å². The van der Waals surface area contributed by atoms with Crippen LogP contribution in [0.3, 0.4) is 0 Å². The van der Waals surface area contributed by atoms with Gasteiger partial charge < -0.3 is 10.3 Å². The van der Waals surface area contributed by atoms with E-state index in [-0.39, 0.29) is 0 Å². The van der Waals surface area contributed by atoms with Crippen molar-refractivity contribution in [3.63, 3.8) is 0 Å². The number of hydrogen-bond acceptors (Lipinski definition) is 6. The van der Waals surface area contributed by atoms with Crippen LogP contribution in [0.25, 0.3) is 0 Å². The lowest BCUT2D eigenvalue weighted by Crippen LogP contribution is -2.07. The summed E-state index contributed by atoms with van der Waals surface area (Å²) in [5.74, 6) is 1.72. The van der Waals surface area contributed by atoms with Crippen LogP contribution in [0.5, 0.6) is 0 Å². The van der Waals surface area contributed by atoms with Gasteiger partial charge in [0.1, 0.15) is 5.82 Å². The Morgan fingerprint density at radius 2 is 2.38 bits per heavy atom. The molecule has 0 fully saturated rings. The predicted molar refractivity (Wildman–Crippen MR) is 65.3 cm³/mol. The average Bonchev–Trinajstić information content (AvgIpc) is 2.94. The van der Waals surface area contributed by atoms with E-state index in [1.807, 2.05) is 16.3 Å². The summed E-state index contributed by atoms with van der Waals surface area (Å²) in [6.45, 7) is 3.35. The topological polar surface area (TPSA) is 69.6 Å². The van der Waals surface area contributed by atoms with Crippen LogP contribution >= 0.6 is 23.1 Å². The van der Waals surface area contributed by atoms with Crippen LogP contribution in [0.4, 0.5) is 0 Å². The first-order chi connectivity index (χ1) is 7.85. The Balaban J connectivity index is 2.06. The van der Waals surface area contributed by atoms with Crippen LogP contribution in [0.15, 0.2) is 16.9 Å². The summed E-state index contributed by atoms with van der Waals surface area (Å²) in [4.78, 5) is 5.28. The molecule has 2 rings (SSSR count). The lowest BCUT2D eigenvalue weighted by molar-refractivity contribution is 0.643. The van der Waals surface area contributed by atoms with Crippen molar-refractivity contribution < 1.29 is 0 Å². The number of thiazole rings is 1. The summed E-state index contributed by atoms with van der Waals surface area (Å²) in [6.07, 6.45) is 1.88. The van der Waals surface area contributed by atoms with E-state index < -0.39 is 0 Å². The molecule has 2 N–H and O–H groups in total. The van der Waals surface area contributed by atoms with Crippen molar-refractivity contribution in [1.82, 2.24) is 19.7 Å². The molecule has 0 aliphatic heterocycles. The maximum atomic E-state index is 5.59. The minimum absolute atomic E-state index is 0.432. The smallest absolute Gasteiger partial charge is 0.191 e. The second-order valence-corrected chi connectivity index (χ2v) is 5.02. The molecule has 0 aromatic carbocycles. The molecule has 0 saturated carbocycles. The monoisotopic (exact) mass is 255 g/mol. The quantitative estimate of drug-likeness (QED) is 0.820. The van der Waals surface area contributed by atoms with Crippen molar-refractivity contribution in [2.24, 2.45) is 5.73 Å². The Hall–Kier alpha value is -0.920. The first-order valence-electron chi connectivity index (χ1n) is 4.97. The summed E-state index contributed by atoms with van der Waals surface area (Å²) in [6, 6.07) is 0. The van der Waals surface area contributed by atoms with Crippen molar-refractivity contribution >= 4 is 23.1 Å². The number of thioether (sulfide) groups is 1. The Morgan fingerprint density at radius 1 is 1.50 bits per heavy atom. The van der Waals surface area contributed by atoms with Crippen LogP contribution in [-0.2, 0) is 18.8 Å². The van der Waals surface area contributed by atoms with E-state index in [0.29, 0.717) is 6.54 Å². The molecular weight excluding hydrogens is 242 g/mol. The molecule has 0 amide bonds. The lowest BCUT2D eigenvalue weighted by atomic mass is 10.6. The number of nitrogens with two attached hydrogens (primary N) is 1. The van der Waals surface area contributed by atoms with Crippen molar-refractivity contribution in [3.05, 3.63) is 22.4 Å². The minimum Gasteiger partial charge on any atom is -0.324 e. The fourth-order valence-electron chi connectivity index (χ4n) is 1.34. The second kappa shape index (κ2) is 5.42. The van der Waals surface area contributed by atoms with Gasteiger partial charge in [0.25, 0.3) is 0 Å². The van der Waals surface area contributed by atoms with Gasteiger partial charge in [0.2, 0.25) is 0 Å². The molecule has 16 heavy (non-hydrogen) atoms. The largest absolute Gasteiger partial charge is 0.324 e. The Kier molecular flexibility index (Phi) is 3.92. The summed E-state index contributed by atoms with van der Waals surface area (Å²) in [5, 5.41) is 9.12. The average molecular weight is 255 g/mol. The summed E-state index contributed by atoms with van der Waals surface area (Å²) in [5.41, 5.74) is 7.43. The highest BCUT2D eigenvalue weighted by Gasteiger charge is 2.10. The van der Waals surface area contributed by atoms with Gasteiger partial charge in [-0.25, -0.2) is 0 Å². The molecule has 5 nitrogen and oxygen atoms in total. The zero-order chi connectivity index (χ0) is 11.4. The van der Waals surface area contributed by atoms with Gasteiger partial charge in [0.05, 0.1) is 12.1 Å². The molecule has 2 heterocycles. The Labute approximate surface area is 102 Å². The molecule has 0 bridgehead atoms. The predicted octanol–water partition coefficient (Wildman–Crippen LogP) is 1.51. The van der Waals surface area contributed by atoms with Gasteiger partial charge in [-0.3, -0.25) is 4.98 Å². The molecule has 2 aromatic rings. The molecule has 0 atom stereocenters. The molecule has 0 unspecified atom stereocenters. The number of nitrogens with zero attached hydrogens (tertiary/aromatic N) is 4. The zero-order valence-corrected chi connectivity index (χ0v) is 10.6. The molecule has 0 radical (unpaired) electrons. The van der Waals surface area contributed by atoms with E-state index in [0.717, 1.165) is 23.3 Å².